The summed E-state index contributed by atoms with van der Waals surface area (Å²) in [5, 5.41) is 2.83. The molecule has 0 spiro atoms. The van der Waals surface area contributed by atoms with Gasteiger partial charge in [-0.2, -0.15) is 0 Å². The first-order valence-electron chi connectivity index (χ1n) is 7.41. The summed E-state index contributed by atoms with van der Waals surface area (Å²) in [4.78, 5) is 11.3. The third-order valence-corrected chi connectivity index (χ3v) is 2.37. The molecule has 1 N–H and O–H groups in total. The van der Waals surface area contributed by atoms with Crippen molar-refractivity contribution in [1.29, 1.82) is 0 Å². The van der Waals surface area contributed by atoms with Crippen LogP contribution in [0.2, 0.25) is 0 Å². The van der Waals surface area contributed by atoms with Crippen LogP contribution >= 0.6 is 0 Å². The smallest absolute Gasteiger partial charge is 0.243 e. The number of rotatable bonds is 8. The fourth-order valence-corrected chi connectivity index (χ4v) is 1.28. The Labute approximate surface area is 124 Å². The maximum Gasteiger partial charge on any atom is 0.243 e. The highest BCUT2D eigenvalue weighted by Crippen LogP contribution is 1.91. The molecule has 0 aliphatic carbocycles. The minimum atomic E-state index is -0.0378. The predicted molar refractivity (Wildman–Crippen MR) is 87.2 cm³/mol. The van der Waals surface area contributed by atoms with E-state index in [9.17, 15) is 4.79 Å². The molecule has 0 aromatic heterocycles. The summed E-state index contributed by atoms with van der Waals surface area (Å²) >= 11 is 0. The summed E-state index contributed by atoms with van der Waals surface area (Å²) in [6.45, 7) is 7.01. The summed E-state index contributed by atoms with van der Waals surface area (Å²) in [6, 6.07) is 0. The molecule has 0 heterocycles. The van der Waals surface area contributed by atoms with E-state index in [2.05, 4.69) is 44.0 Å². The fraction of sp³-hybridized carbons (Fsp3) is 0.500. The number of unbranched alkanes of at least 4 members (excludes halogenated alkanes) is 2. The van der Waals surface area contributed by atoms with Crippen LogP contribution in [-0.2, 0) is 4.79 Å². The molecule has 0 radical (unpaired) electrons. The first kappa shape index (κ1) is 18.2. The molecule has 0 fully saturated rings. The molecule has 0 saturated heterocycles. The van der Waals surface area contributed by atoms with Gasteiger partial charge in [0.15, 0.2) is 0 Å². The molecular formula is C18H27NO. The Balaban J connectivity index is 3.68. The van der Waals surface area contributed by atoms with Crippen LogP contribution in [0.25, 0.3) is 0 Å². The molecule has 0 aliphatic rings. The van der Waals surface area contributed by atoms with Crippen molar-refractivity contribution in [2.45, 2.75) is 46.5 Å². The number of hydrogen-bond donors (Lipinski definition) is 1. The topological polar surface area (TPSA) is 29.1 Å². The molecule has 0 bridgehead atoms. The Hall–Kier alpha value is -1.75. The lowest BCUT2D eigenvalue weighted by Crippen LogP contribution is -2.25. The van der Waals surface area contributed by atoms with Crippen molar-refractivity contribution in [3.8, 4) is 11.8 Å². The first-order chi connectivity index (χ1) is 9.66. The quantitative estimate of drug-likeness (QED) is 0.308. The monoisotopic (exact) mass is 273 g/mol. The van der Waals surface area contributed by atoms with E-state index >= 15 is 0 Å². The zero-order valence-corrected chi connectivity index (χ0v) is 13.0. The third kappa shape index (κ3) is 14.3. The van der Waals surface area contributed by atoms with Crippen molar-refractivity contribution in [3.63, 3.8) is 0 Å². The summed E-state index contributed by atoms with van der Waals surface area (Å²) in [7, 11) is 0. The molecule has 0 saturated carbocycles. The Morgan fingerprint density at radius 1 is 1.20 bits per heavy atom. The number of nitrogens with one attached hydrogen (secondary N) is 1. The van der Waals surface area contributed by atoms with E-state index in [1.54, 1.807) is 12.2 Å². The molecule has 110 valence electrons. The molecule has 0 atom stereocenters. The lowest BCUT2D eigenvalue weighted by atomic mass is 10.2. The van der Waals surface area contributed by atoms with E-state index in [4.69, 9.17) is 0 Å². The van der Waals surface area contributed by atoms with Crippen LogP contribution in [0.15, 0.2) is 36.5 Å². The minimum Gasteiger partial charge on any atom is -0.352 e. The zero-order chi connectivity index (χ0) is 15.1. The van der Waals surface area contributed by atoms with E-state index in [0.29, 0.717) is 12.5 Å². The summed E-state index contributed by atoms with van der Waals surface area (Å²) < 4.78 is 0. The fourth-order valence-electron chi connectivity index (χ4n) is 1.28. The molecule has 2 nitrogen and oxygen atoms in total. The maximum absolute atomic E-state index is 11.3. The van der Waals surface area contributed by atoms with Gasteiger partial charge in [0.2, 0.25) is 5.91 Å². The lowest BCUT2D eigenvalue weighted by molar-refractivity contribution is -0.116. The summed E-state index contributed by atoms with van der Waals surface area (Å²) in [5.74, 6) is 6.54. The second-order valence-corrected chi connectivity index (χ2v) is 4.98. The van der Waals surface area contributed by atoms with E-state index in [-0.39, 0.29) is 5.91 Å². The average molecular weight is 273 g/mol. The maximum atomic E-state index is 11.3. The van der Waals surface area contributed by atoms with Gasteiger partial charge in [-0.3, -0.25) is 4.79 Å². The van der Waals surface area contributed by atoms with Gasteiger partial charge in [-0.05, 0) is 24.8 Å². The SMILES string of the molecule is CCC/C=C/C#CCC/C=C/C=C/C(=O)NCC(C)C. The molecule has 0 aromatic rings. The van der Waals surface area contributed by atoms with Crippen molar-refractivity contribution in [1.82, 2.24) is 5.32 Å². The molecule has 1 amide bonds. The van der Waals surface area contributed by atoms with Gasteiger partial charge in [-0.15, -0.1) is 0 Å². The molecule has 0 aliphatic heterocycles. The number of carbonyl (C=O) groups excluding carboxylic acids is 1. The highest BCUT2D eigenvalue weighted by Gasteiger charge is 1.95. The van der Waals surface area contributed by atoms with Crippen LogP contribution in [0.5, 0.6) is 0 Å². The van der Waals surface area contributed by atoms with Gasteiger partial charge in [0.05, 0.1) is 0 Å². The second-order valence-electron chi connectivity index (χ2n) is 4.98. The van der Waals surface area contributed by atoms with Crippen molar-refractivity contribution in [3.05, 3.63) is 36.5 Å². The van der Waals surface area contributed by atoms with Gasteiger partial charge in [0, 0.05) is 19.0 Å². The number of amides is 1. The van der Waals surface area contributed by atoms with Gasteiger partial charge in [-0.1, -0.05) is 63.3 Å². The van der Waals surface area contributed by atoms with Crippen molar-refractivity contribution >= 4 is 5.91 Å². The van der Waals surface area contributed by atoms with Crippen LogP contribution in [0.3, 0.4) is 0 Å². The van der Waals surface area contributed by atoms with E-state index < -0.39 is 0 Å². The number of carbonyl (C=O) groups is 1. The number of hydrogen-bond acceptors (Lipinski definition) is 1. The third-order valence-electron chi connectivity index (χ3n) is 2.37. The van der Waals surface area contributed by atoms with Gasteiger partial charge in [-0.25, -0.2) is 0 Å². The molecule has 20 heavy (non-hydrogen) atoms. The first-order valence-corrected chi connectivity index (χ1v) is 7.41. The van der Waals surface area contributed by atoms with Crippen LogP contribution in [-0.4, -0.2) is 12.5 Å². The van der Waals surface area contributed by atoms with Crippen LogP contribution in [0, 0.1) is 17.8 Å². The largest absolute Gasteiger partial charge is 0.352 e. The van der Waals surface area contributed by atoms with Crippen LogP contribution < -0.4 is 5.32 Å². The summed E-state index contributed by atoms with van der Waals surface area (Å²) in [6.07, 6.45) is 15.3. The van der Waals surface area contributed by atoms with E-state index in [0.717, 1.165) is 25.7 Å². The second kappa shape index (κ2) is 13.7. The molecule has 0 unspecified atom stereocenters. The predicted octanol–water partition coefficient (Wildman–Crippen LogP) is 4.01. The van der Waals surface area contributed by atoms with Crippen LogP contribution in [0.4, 0.5) is 0 Å². The lowest BCUT2D eigenvalue weighted by Gasteiger charge is -2.03. The Morgan fingerprint density at radius 3 is 2.70 bits per heavy atom. The Kier molecular flexibility index (Phi) is 12.5. The van der Waals surface area contributed by atoms with Gasteiger partial charge < -0.3 is 5.32 Å². The molecule has 0 rings (SSSR count). The molecule has 0 aromatic carbocycles. The van der Waals surface area contributed by atoms with Crippen LogP contribution in [0.1, 0.15) is 46.5 Å². The zero-order valence-electron chi connectivity index (χ0n) is 13.0. The standard InChI is InChI=1S/C18H27NO/c1-4-5-6-7-8-9-10-11-12-13-14-15-18(20)19-16-17(2)3/h6-7,12-15,17H,4-5,10-11,16H2,1-3H3,(H,19,20)/b7-6+,13-12+,15-14+. The highest BCUT2D eigenvalue weighted by atomic mass is 16.1. The van der Waals surface area contributed by atoms with E-state index in [1.165, 1.54) is 0 Å². The molecule has 2 heteroatoms. The Morgan fingerprint density at radius 2 is 2.00 bits per heavy atom. The normalized spacial score (nSPS) is 11.4. The van der Waals surface area contributed by atoms with Gasteiger partial charge in [0.1, 0.15) is 0 Å². The minimum absolute atomic E-state index is 0.0378. The summed E-state index contributed by atoms with van der Waals surface area (Å²) in [5.41, 5.74) is 0. The Bertz CT molecular complexity index is 391. The van der Waals surface area contributed by atoms with Crippen molar-refractivity contribution in [2.24, 2.45) is 5.92 Å². The van der Waals surface area contributed by atoms with E-state index in [1.807, 2.05) is 18.2 Å². The van der Waals surface area contributed by atoms with Gasteiger partial charge >= 0.3 is 0 Å². The van der Waals surface area contributed by atoms with Crippen molar-refractivity contribution < 1.29 is 4.79 Å². The number of allylic oxidation sites excluding steroid dienone is 5. The van der Waals surface area contributed by atoms with Gasteiger partial charge in [0.25, 0.3) is 0 Å². The molecular weight excluding hydrogens is 246 g/mol. The highest BCUT2D eigenvalue weighted by molar-refractivity contribution is 5.87. The van der Waals surface area contributed by atoms with Crippen molar-refractivity contribution in [2.75, 3.05) is 6.54 Å². The average Bonchev–Trinajstić information content (AvgIpc) is 2.42.